The number of ether oxygens (including phenoxy) is 6. The second-order valence-corrected chi connectivity index (χ2v) is 9.48. The van der Waals surface area contributed by atoms with Gasteiger partial charge in [0.25, 0.3) is 9.70 Å². The van der Waals surface area contributed by atoms with E-state index in [0.717, 1.165) is 40.9 Å². The van der Waals surface area contributed by atoms with Crippen molar-refractivity contribution >= 4 is 70.6 Å². The van der Waals surface area contributed by atoms with E-state index >= 15 is 0 Å². The smallest absolute Gasteiger partial charge is 0.373 e. The first-order valence-electron chi connectivity index (χ1n) is 10.1. The first-order chi connectivity index (χ1) is 16.6. The van der Waals surface area contributed by atoms with Gasteiger partial charge in [0.1, 0.15) is 6.61 Å². The average molecular weight is 577 g/mol. The molecule has 0 aliphatic carbocycles. The summed E-state index contributed by atoms with van der Waals surface area (Å²) in [5.74, 6) is -6.17. The number of hydrogen-bond donors (Lipinski definition) is 1. The molecule has 0 spiro atoms. The lowest BCUT2D eigenvalue weighted by Crippen LogP contribution is -2.61. The number of methoxy groups -OCH3 is 1. The van der Waals surface area contributed by atoms with Gasteiger partial charge >= 0.3 is 29.8 Å². The van der Waals surface area contributed by atoms with Crippen molar-refractivity contribution in [3.63, 3.8) is 0 Å². The van der Waals surface area contributed by atoms with Gasteiger partial charge in [-0.2, -0.15) is 0 Å². The normalized spacial score (nSPS) is 20.9. The minimum absolute atomic E-state index is 0.522. The summed E-state index contributed by atoms with van der Waals surface area (Å²) in [7, 11) is 1.03. The third-order valence-corrected chi connectivity index (χ3v) is 4.79. The Morgan fingerprint density at radius 3 is 2.00 bits per heavy atom. The molecule has 1 heterocycles. The van der Waals surface area contributed by atoms with Crippen molar-refractivity contribution in [2.45, 2.75) is 61.9 Å². The molecule has 0 unspecified atom stereocenters. The highest BCUT2D eigenvalue weighted by Crippen LogP contribution is 2.31. The number of hydrogen-bond acceptors (Lipinski definition) is 12. The van der Waals surface area contributed by atoms with E-state index in [4.69, 9.17) is 58.5 Å². The maximum atomic E-state index is 12.4. The quantitative estimate of drug-likeness (QED) is 0.231. The Hall–Kier alpha value is -2.77. The van der Waals surface area contributed by atoms with Crippen molar-refractivity contribution in [3.05, 3.63) is 11.8 Å². The number of carbonyl (C=O) groups is 6. The van der Waals surface area contributed by atoms with Gasteiger partial charge in [-0.1, -0.05) is 34.8 Å². The fourth-order valence-corrected chi connectivity index (χ4v) is 3.19. The van der Waals surface area contributed by atoms with Crippen LogP contribution in [0.1, 0.15) is 27.7 Å². The zero-order valence-corrected chi connectivity index (χ0v) is 22.0. The molecule has 0 saturated carbocycles. The third kappa shape index (κ3) is 9.70. The molecule has 1 rings (SSSR count). The van der Waals surface area contributed by atoms with Crippen LogP contribution in [-0.2, 0) is 57.2 Å². The van der Waals surface area contributed by atoms with Crippen LogP contribution in [0.15, 0.2) is 11.8 Å². The summed E-state index contributed by atoms with van der Waals surface area (Å²) < 4.78 is 28.5. The number of alkyl halides is 3. The molecule has 1 N–H and O–H groups in total. The van der Waals surface area contributed by atoms with Crippen molar-refractivity contribution in [3.8, 4) is 0 Å². The molecule has 36 heavy (non-hydrogen) atoms. The van der Waals surface area contributed by atoms with Gasteiger partial charge in [-0.25, -0.2) is 4.79 Å². The number of amides is 1. The molecule has 13 nitrogen and oxygen atoms in total. The third-order valence-electron chi connectivity index (χ3n) is 4.28. The Balaban J connectivity index is 3.67. The van der Waals surface area contributed by atoms with Crippen molar-refractivity contribution < 1.29 is 57.2 Å². The minimum Gasteiger partial charge on any atom is -0.475 e. The van der Waals surface area contributed by atoms with Gasteiger partial charge in [0.2, 0.25) is 5.76 Å². The molecule has 16 heteroatoms. The van der Waals surface area contributed by atoms with Crippen molar-refractivity contribution in [1.29, 1.82) is 0 Å². The van der Waals surface area contributed by atoms with Crippen LogP contribution in [0.4, 0.5) is 0 Å². The Morgan fingerprint density at radius 2 is 1.56 bits per heavy atom. The SMILES string of the molecule is COC(=O)C1=C[C@H](NC(=O)C(Cl)(Cl)Cl)[C@@H](OC(C)=O)[C@H]([C@@H](OC(C)=O)[C@@H](COC(C)=O)OC(C)=O)O1. The molecule has 0 radical (unpaired) electrons. The summed E-state index contributed by atoms with van der Waals surface area (Å²) in [5.41, 5.74) is 0. The van der Waals surface area contributed by atoms with Crippen molar-refractivity contribution in [2.75, 3.05) is 13.7 Å². The van der Waals surface area contributed by atoms with E-state index in [1.807, 2.05) is 0 Å². The number of carbonyl (C=O) groups excluding carboxylic acids is 6. The second-order valence-electron chi connectivity index (χ2n) is 7.20. The van der Waals surface area contributed by atoms with E-state index in [0.29, 0.717) is 0 Å². The molecule has 5 atom stereocenters. The lowest BCUT2D eigenvalue weighted by molar-refractivity contribution is -0.200. The number of rotatable bonds is 9. The van der Waals surface area contributed by atoms with Crippen LogP contribution >= 0.6 is 34.8 Å². The number of esters is 5. The molecule has 0 saturated heterocycles. The summed E-state index contributed by atoms with van der Waals surface area (Å²) in [4.78, 5) is 71.7. The zero-order valence-electron chi connectivity index (χ0n) is 19.7. The van der Waals surface area contributed by atoms with Crippen LogP contribution in [0.3, 0.4) is 0 Å². The van der Waals surface area contributed by atoms with Gasteiger partial charge in [-0.05, 0) is 6.08 Å². The summed E-state index contributed by atoms with van der Waals surface area (Å²) >= 11 is 16.9. The Kier molecular flexibility index (Phi) is 11.7. The van der Waals surface area contributed by atoms with E-state index in [9.17, 15) is 28.8 Å². The van der Waals surface area contributed by atoms with Crippen molar-refractivity contribution in [1.82, 2.24) is 5.32 Å². The molecule has 1 aliphatic heterocycles. The molecule has 0 fully saturated rings. The topological polar surface area (TPSA) is 170 Å². The van der Waals surface area contributed by atoms with E-state index in [1.165, 1.54) is 0 Å². The first-order valence-corrected chi connectivity index (χ1v) is 11.2. The number of nitrogens with one attached hydrogen (secondary N) is 1. The largest absolute Gasteiger partial charge is 0.475 e. The summed E-state index contributed by atoms with van der Waals surface area (Å²) in [6.07, 6.45) is -5.35. The molecular formula is C20H24Cl3NO12. The molecule has 202 valence electrons. The summed E-state index contributed by atoms with van der Waals surface area (Å²) in [6.45, 7) is 3.51. The van der Waals surface area contributed by atoms with E-state index in [-0.39, 0.29) is 0 Å². The van der Waals surface area contributed by atoms with Gasteiger partial charge in [0, 0.05) is 27.7 Å². The minimum atomic E-state index is -2.46. The summed E-state index contributed by atoms with van der Waals surface area (Å²) in [5, 5.41) is 2.28. The lowest BCUT2D eigenvalue weighted by Gasteiger charge is -2.41. The zero-order chi connectivity index (χ0) is 27.8. The Morgan fingerprint density at radius 1 is 0.972 bits per heavy atom. The van der Waals surface area contributed by atoms with E-state index < -0.39 is 82.4 Å². The van der Waals surface area contributed by atoms with Crippen LogP contribution in [0, 0.1) is 0 Å². The molecule has 0 aromatic heterocycles. The van der Waals surface area contributed by atoms with Gasteiger partial charge in [-0.3, -0.25) is 24.0 Å². The van der Waals surface area contributed by atoms with Gasteiger partial charge in [0.05, 0.1) is 13.2 Å². The Labute approximate surface area is 220 Å². The molecule has 1 amide bonds. The highest BCUT2D eigenvalue weighted by atomic mass is 35.6. The molecule has 0 aromatic rings. The predicted octanol–water partition coefficient (Wildman–Crippen LogP) is 0.655. The predicted molar refractivity (Wildman–Crippen MR) is 120 cm³/mol. The van der Waals surface area contributed by atoms with Crippen molar-refractivity contribution in [2.24, 2.45) is 0 Å². The maximum absolute atomic E-state index is 12.4. The van der Waals surface area contributed by atoms with E-state index in [2.05, 4.69) is 10.1 Å². The Bertz CT molecular complexity index is 916. The molecule has 0 aromatic carbocycles. The molecular weight excluding hydrogens is 553 g/mol. The molecule has 1 aliphatic rings. The standard InChI is InChI=1S/C20H24Cl3NO12/c1-8(25)32-7-14(33-9(2)26)16(35-11(4)28)17-15(34-10(3)27)12(24-19(30)20(21,22)23)6-13(36-17)18(29)31-5/h6,12,14-17H,7H2,1-5H3,(H,24,30)/t12-,14+,15+,16-,17+/m0/s1. The first kappa shape index (κ1) is 31.3. The van der Waals surface area contributed by atoms with Gasteiger partial charge in [-0.15, -0.1) is 0 Å². The second kappa shape index (κ2) is 13.5. The highest BCUT2D eigenvalue weighted by molar-refractivity contribution is 6.76. The van der Waals surface area contributed by atoms with Gasteiger partial charge < -0.3 is 33.7 Å². The summed E-state index contributed by atoms with van der Waals surface area (Å²) in [6, 6.07) is -1.41. The van der Waals surface area contributed by atoms with Crippen LogP contribution in [0.2, 0.25) is 0 Å². The fraction of sp³-hybridized carbons (Fsp3) is 0.600. The molecule has 0 bridgehead atoms. The van der Waals surface area contributed by atoms with Crippen LogP contribution < -0.4 is 5.32 Å². The van der Waals surface area contributed by atoms with Crippen LogP contribution in [-0.4, -0.2) is 83.7 Å². The van der Waals surface area contributed by atoms with E-state index in [1.54, 1.807) is 0 Å². The fourth-order valence-electron chi connectivity index (χ4n) is 3.03. The highest BCUT2D eigenvalue weighted by Gasteiger charge is 2.50. The average Bonchev–Trinajstić information content (AvgIpc) is 2.74. The number of halogens is 3. The maximum Gasteiger partial charge on any atom is 0.373 e. The van der Waals surface area contributed by atoms with Crippen LogP contribution in [0.5, 0.6) is 0 Å². The monoisotopic (exact) mass is 575 g/mol. The van der Waals surface area contributed by atoms with Gasteiger partial charge in [0.15, 0.2) is 24.4 Å². The van der Waals surface area contributed by atoms with Crippen LogP contribution in [0.25, 0.3) is 0 Å². The lowest BCUT2D eigenvalue weighted by atomic mass is 9.93.